The number of halogens is 1. The number of amides is 1. The Morgan fingerprint density at radius 1 is 1.31 bits per heavy atom. The van der Waals surface area contributed by atoms with Gasteiger partial charge in [-0.2, -0.15) is 0 Å². The zero-order valence-corrected chi connectivity index (χ0v) is 9.98. The van der Waals surface area contributed by atoms with Crippen molar-refractivity contribution in [2.75, 3.05) is 13.1 Å². The van der Waals surface area contributed by atoms with Crippen molar-refractivity contribution >= 4 is 27.8 Å². The highest BCUT2D eigenvalue weighted by molar-refractivity contribution is 9.10. The molecule has 4 nitrogen and oxygen atoms in total. The molecular weight excluding hydrogens is 274 g/mol. The van der Waals surface area contributed by atoms with Gasteiger partial charge in [0, 0.05) is 17.6 Å². The Bertz CT molecular complexity index is 441. The zero-order chi connectivity index (χ0) is 11.7. The van der Waals surface area contributed by atoms with Crippen LogP contribution in [0.1, 0.15) is 10.4 Å². The van der Waals surface area contributed by atoms with Crippen molar-refractivity contribution in [3.63, 3.8) is 0 Å². The van der Waals surface area contributed by atoms with Crippen molar-refractivity contribution in [3.05, 3.63) is 34.3 Å². The third kappa shape index (κ3) is 1.95. The molecular formula is C11H10BrNO3. The van der Waals surface area contributed by atoms with Crippen LogP contribution in [0.2, 0.25) is 0 Å². The molecule has 0 unspecified atom stereocenters. The fraction of sp³-hybridized carbons (Fsp3) is 0.273. The Morgan fingerprint density at radius 3 is 2.50 bits per heavy atom. The van der Waals surface area contributed by atoms with Crippen molar-refractivity contribution in [3.8, 4) is 0 Å². The van der Waals surface area contributed by atoms with Crippen molar-refractivity contribution in [2.24, 2.45) is 5.92 Å². The van der Waals surface area contributed by atoms with Crippen LogP contribution in [0.25, 0.3) is 0 Å². The molecule has 1 aromatic carbocycles. The normalized spacial score (nSPS) is 15.7. The van der Waals surface area contributed by atoms with Crippen molar-refractivity contribution in [1.29, 1.82) is 0 Å². The Balaban J connectivity index is 2.06. The number of likely N-dealkylation sites (tertiary alicyclic amines) is 1. The van der Waals surface area contributed by atoms with Crippen LogP contribution in [-0.4, -0.2) is 35.0 Å². The maximum Gasteiger partial charge on any atom is 0.310 e. The van der Waals surface area contributed by atoms with Gasteiger partial charge in [-0.1, -0.05) is 12.1 Å². The molecule has 2 rings (SSSR count). The molecule has 16 heavy (non-hydrogen) atoms. The third-order valence-electron chi connectivity index (χ3n) is 2.62. The van der Waals surface area contributed by atoms with Gasteiger partial charge in [-0.15, -0.1) is 0 Å². The fourth-order valence-electron chi connectivity index (χ4n) is 1.61. The summed E-state index contributed by atoms with van der Waals surface area (Å²) >= 11 is 3.30. The van der Waals surface area contributed by atoms with E-state index in [-0.39, 0.29) is 5.91 Å². The molecule has 1 aliphatic rings. The van der Waals surface area contributed by atoms with Gasteiger partial charge >= 0.3 is 5.97 Å². The molecule has 1 fully saturated rings. The van der Waals surface area contributed by atoms with E-state index in [0.717, 1.165) is 4.47 Å². The number of hydrogen-bond donors (Lipinski definition) is 1. The molecule has 0 spiro atoms. The molecule has 1 amide bonds. The number of carboxylic acid groups (broad SMARTS) is 1. The molecule has 0 radical (unpaired) electrons. The van der Waals surface area contributed by atoms with E-state index in [9.17, 15) is 9.59 Å². The first kappa shape index (κ1) is 11.1. The summed E-state index contributed by atoms with van der Waals surface area (Å²) in [5.41, 5.74) is 0.575. The summed E-state index contributed by atoms with van der Waals surface area (Å²) in [6.45, 7) is 0.602. The summed E-state index contributed by atoms with van der Waals surface area (Å²) in [5, 5.41) is 8.71. The number of benzene rings is 1. The Kier molecular flexibility index (Phi) is 2.96. The molecule has 1 aromatic rings. The average Bonchev–Trinajstić information content (AvgIpc) is 2.15. The van der Waals surface area contributed by atoms with Gasteiger partial charge in [0.2, 0.25) is 0 Å². The van der Waals surface area contributed by atoms with Crippen LogP contribution in [0.15, 0.2) is 28.7 Å². The lowest BCUT2D eigenvalue weighted by atomic mass is 9.99. The number of hydrogen-bond acceptors (Lipinski definition) is 2. The van der Waals surface area contributed by atoms with Gasteiger partial charge in [0.25, 0.3) is 5.91 Å². The zero-order valence-electron chi connectivity index (χ0n) is 8.39. The molecule has 5 heteroatoms. The van der Waals surface area contributed by atoms with Gasteiger partial charge in [0.05, 0.1) is 11.5 Å². The van der Waals surface area contributed by atoms with E-state index >= 15 is 0 Å². The fourth-order valence-corrected chi connectivity index (χ4v) is 2.06. The standard InChI is InChI=1S/C11H10BrNO3/c12-9-4-2-1-3-8(9)10(14)13-5-7(6-13)11(15)16/h1-4,7H,5-6H2,(H,15,16). The van der Waals surface area contributed by atoms with Gasteiger partial charge in [0.1, 0.15) is 0 Å². The summed E-state index contributed by atoms with van der Waals surface area (Å²) in [6.07, 6.45) is 0. The Hall–Kier alpha value is -1.36. The number of aliphatic carboxylic acids is 1. The molecule has 1 heterocycles. The van der Waals surface area contributed by atoms with Crippen molar-refractivity contribution in [1.82, 2.24) is 4.90 Å². The summed E-state index contributed by atoms with van der Waals surface area (Å²) < 4.78 is 0.735. The number of carboxylic acids is 1. The lowest BCUT2D eigenvalue weighted by molar-refractivity contribution is -0.146. The van der Waals surface area contributed by atoms with Crippen LogP contribution < -0.4 is 0 Å². The van der Waals surface area contributed by atoms with E-state index in [1.54, 1.807) is 23.1 Å². The predicted octanol–water partition coefficient (Wildman–Crippen LogP) is 1.61. The van der Waals surface area contributed by atoms with Crippen molar-refractivity contribution in [2.45, 2.75) is 0 Å². The highest BCUT2D eigenvalue weighted by Gasteiger charge is 2.36. The van der Waals surface area contributed by atoms with Crippen LogP contribution in [-0.2, 0) is 4.79 Å². The van der Waals surface area contributed by atoms with Gasteiger partial charge in [-0.05, 0) is 28.1 Å². The molecule has 84 valence electrons. The predicted molar refractivity (Wildman–Crippen MR) is 61.2 cm³/mol. The lowest BCUT2D eigenvalue weighted by Gasteiger charge is -2.36. The molecule has 0 bridgehead atoms. The second-order valence-corrected chi connectivity index (χ2v) is 4.58. The molecule has 0 aliphatic carbocycles. The van der Waals surface area contributed by atoms with Crippen LogP contribution in [0.4, 0.5) is 0 Å². The molecule has 0 saturated carbocycles. The van der Waals surface area contributed by atoms with E-state index in [4.69, 9.17) is 5.11 Å². The van der Waals surface area contributed by atoms with Gasteiger partial charge < -0.3 is 10.0 Å². The van der Waals surface area contributed by atoms with Crippen LogP contribution in [0.5, 0.6) is 0 Å². The number of nitrogens with zero attached hydrogens (tertiary/aromatic N) is 1. The minimum absolute atomic E-state index is 0.120. The molecule has 0 aromatic heterocycles. The summed E-state index contributed by atoms with van der Waals surface area (Å²) in [6, 6.07) is 7.13. The SMILES string of the molecule is O=C(O)C1CN(C(=O)c2ccccc2Br)C1. The van der Waals surface area contributed by atoms with E-state index in [1.165, 1.54) is 0 Å². The Labute approximate surface area is 101 Å². The van der Waals surface area contributed by atoms with E-state index < -0.39 is 11.9 Å². The van der Waals surface area contributed by atoms with E-state index in [0.29, 0.717) is 18.7 Å². The molecule has 1 N–H and O–H groups in total. The van der Waals surface area contributed by atoms with E-state index in [2.05, 4.69) is 15.9 Å². The maximum atomic E-state index is 11.9. The lowest BCUT2D eigenvalue weighted by Crippen LogP contribution is -2.53. The highest BCUT2D eigenvalue weighted by atomic mass is 79.9. The summed E-state index contributed by atoms with van der Waals surface area (Å²) in [7, 11) is 0. The van der Waals surface area contributed by atoms with Crippen LogP contribution in [0, 0.1) is 5.92 Å². The van der Waals surface area contributed by atoms with Crippen LogP contribution in [0.3, 0.4) is 0 Å². The second-order valence-electron chi connectivity index (χ2n) is 3.73. The maximum absolute atomic E-state index is 11.9. The summed E-state index contributed by atoms with van der Waals surface area (Å²) in [4.78, 5) is 24.1. The van der Waals surface area contributed by atoms with Gasteiger partial charge in [-0.25, -0.2) is 0 Å². The number of carbonyl (C=O) groups is 2. The quantitative estimate of drug-likeness (QED) is 0.897. The first-order valence-electron chi connectivity index (χ1n) is 4.86. The third-order valence-corrected chi connectivity index (χ3v) is 3.31. The average molecular weight is 284 g/mol. The molecule has 1 saturated heterocycles. The topological polar surface area (TPSA) is 57.6 Å². The van der Waals surface area contributed by atoms with Crippen molar-refractivity contribution < 1.29 is 14.7 Å². The van der Waals surface area contributed by atoms with Gasteiger partial charge in [0.15, 0.2) is 0 Å². The summed E-state index contributed by atoms with van der Waals surface area (Å²) in [5.74, 6) is -1.37. The Morgan fingerprint density at radius 2 is 1.94 bits per heavy atom. The number of rotatable bonds is 2. The monoisotopic (exact) mass is 283 g/mol. The molecule has 1 aliphatic heterocycles. The molecule has 0 atom stereocenters. The smallest absolute Gasteiger partial charge is 0.310 e. The first-order valence-corrected chi connectivity index (χ1v) is 5.65. The second kappa shape index (κ2) is 4.25. The highest BCUT2D eigenvalue weighted by Crippen LogP contribution is 2.23. The number of carbonyl (C=O) groups excluding carboxylic acids is 1. The van der Waals surface area contributed by atoms with E-state index in [1.807, 2.05) is 6.07 Å². The largest absolute Gasteiger partial charge is 0.481 e. The minimum Gasteiger partial charge on any atom is -0.481 e. The van der Waals surface area contributed by atoms with Gasteiger partial charge in [-0.3, -0.25) is 9.59 Å². The first-order chi connectivity index (χ1) is 7.59. The van der Waals surface area contributed by atoms with Crippen LogP contribution >= 0.6 is 15.9 Å². The minimum atomic E-state index is -0.837.